The minimum atomic E-state index is -3.95. The molecule has 1 aliphatic heterocycles. The van der Waals surface area contributed by atoms with Gasteiger partial charge in [-0.05, 0) is 62.3 Å². The third-order valence-electron chi connectivity index (χ3n) is 6.03. The van der Waals surface area contributed by atoms with E-state index in [0.29, 0.717) is 30.5 Å². The van der Waals surface area contributed by atoms with Crippen molar-refractivity contribution in [3.05, 3.63) is 29.8 Å². The normalized spacial score (nSPS) is 23.0. The summed E-state index contributed by atoms with van der Waals surface area (Å²) in [5, 5.41) is 14.9. The Morgan fingerprint density at radius 3 is 2.55 bits per heavy atom. The Bertz CT molecular complexity index is 969. The van der Waals surface area contributed by atoms with Gasteiger partial charge < -0.3 is 15.5 Å². The number of benzene rings is 1. The van der Waals surface area contributed by atoms with Crippen molar-refractivity contribution in [3.63, 3.8) is 0 Å². The van der Waals surface area contributed by atoms with Crippen molar-refractivity contribution in [2.24, 2.45) is 5.92 Å². The maximum atomic E-state index is 12.5. The van der Waals surface area contributed by atoms with Gasteiger partial charge in [-0.2, -0.15) is 5.26 Å². The first kappa shape index (κ1) is 25.3. The zero-order valence-corrected chi connectivity index (χ0v) is 20.4. The molecule has 1 atom stereocenters. The van der Waals surface area contributed by atoms with E-state index >= 15 is 0 Å². The Kier molecular flexibility index (Phi) is 9.00. The fourth-order valence-corrected chi connectivity index (χ4v) is 5.98. The number of nitrogens with zero attached hydrogens (tertiary/aromatic N) is 2. The predicted molar refractivity (Wildman–Crippen MR) is 127 cm³/mol. The summed E-state index contributed by atoms with van der Waals surface area (Å²) < 4.78 is 27.1. The van der Waals surface area contributed by atoms with Crippen molar-refractivity contribution in [2.45, 2.75) is 56.0 Å². The number of rotatable bonds is 8. The molecule has 180 valence electrons. The van der Waals surface area contributed by atoms with Crippen LogP contribution in [0.15, 0.2) is 29.2 Å². The standard InChI is InChI=1S/C22H31N5O4S2/c1-16-2-6-18(7-3-16)25-22(29)26-33(30,31)20-8-4-17(5-9-20)10-11-24-13-21(28)27-15-32-14-19(27)12-23/h4-5,8-9,16,18-19,24H,2-3,6-7,10-11,13-15H2,1H3,(H2,25,26,29)/t16?,18?,19-/m1/s1. The number of hydrogen-bond donors (Lipinski definition) is 3. The van der Waals surface area contributed by atoms with Gasteiger partial charge in [-0.15, -0.1) is 11.8 Å². The van der Waals surface area contributed by atoms with E-state index in [0.717, 1.165) is 31.2 Å². The molecule has 0 radical (unpaired) electrons. The zero-order chi connectivity index (χ0) is 23.8. The minimum Gasteiger partial charge on any atom is -0.335 e. The summed E-state index contributed by atoms with van der Waals surface area (Å²) in [4.78, 5) is 26.0. The lowest BCUT2D eigenvalue weighted by atomic mass is 9.87. The van der Waals surface area contributed by atoms with E-state index in [1.807, 2.05) is 0 Å². The number of nitriles is 1. The van der Waals surface area contributed by atoms with Gasteiger partial charge in [0.1, 0.15) is 6.04 Å². The molecular weight excluding hydrogens is 462 g/mol. The van der Waals surface area contributed by atoms with Gasteiger partial charge in [0, 0.05) is 11.8 Å². The van der Waals surface area contributed by atoms with Crippen molar-refractivity contribution >= 4 is 33.7 Å². The van der Waals surface area contributed by atoms with E-state index in [1.165, 1.54) is 12.1 Å². The zero-order valence-electron chi connectivity index (χ0n) is 18.7. The number of nitrogens with one attached hydrogen (secondary N) is 3. The molecule has 1 aromatic rings. The monoisotopic (exact) mass is 493 g/mol. The Hall–Kier alpha value is -2.29. The van der Waals surface area contributed by atoms with E-state index in [4.69, 9.17) is 5.26 Å². The molecule has 2 fully saturated rings. The second kappa shape index (κ2) is 11.7. The van der Waals surface area contributed by atoms with Crippen LogP contribution >= 0.6 is 11.8 Å². The smallest absolute Gasteiger partial charge is 0.328 e. The molecule has 1 saturated heterocycles. The molecule has 1 aromatic carbocycles. The van der Waals surface area contributed by atoms with Crippen LogP contribution in [0.25, 0.3) is 0 Å². The van der Waals surface area contributed by atoms with Gasteiger partial charge in [0.15, 0.2) is 0 Å². The van der Waals surface area contributed by atoms with Crippen molar-refractivity contribution in [2.75, 3.05) is 24.7 Å². The number of amides is 3. The lowest BCUT2D eigenvalue weighted by molar-refractivity contribution is -0.129. The Morgan fingerprint density at radius 2 is 1.88 bits per heavy atom. The summed E-state index contributed by atoms with van der Waals surface area (Å²) in [7, 11) is -3.95. The highest BCUT2D eigenvalue weighted by atomic mass is 32.2. The first-order chi connectivity index (χ1) is 15.8. The molecule has 3 rings (SSSR count). The maximum absolute atomic E-state index is 12.5. The SMILES string of the molecule is CC1CCC(NC(=O)NS(=O)(=O)c2ccc(CCNCC(=O)N3CSC[C@H]3C#N)cc2)CC1. The van der Waals surface area contributed by atoms with Crippen LogP contribution in [0.1, 0.15) is 38.2 Å². The summed E-state index contributed by atoms with van der Waals surface area (Å²) in [5.74, 6) is 1.73. The topological polar surface area (TPSA) is 131 Å². The second-order valence-corrected chi connectivity index (χ2v) is 11.3. The second-order valence-electron chi connectivity index (χ2n) is 8.61. The fourth-order valence-electron chi connectivity index (χ4n) is 3.96. The Labute approximate surface area is 199 Å². The first-order valence-corrected chi connectivity index (χ1v) is 13.8. The summed E-state index contributed by atoms with van der Waals surface area (Å²) >= 11 is 1.57. The van der Waals surface area contributed by atoms with Crippen LogP contribution in [0, 0.1) is 17.2 Å². The number of thioether (sulfide) groups is 1. The minimum absolute atomic E-state index is 0.00756. The molecule has 3 amide bonds. The fraction of sp³-hybridized carbons (Fsp3) is 0.591. The molecule has 11 heteroatoms. The molecule has 1 aliphatic carbocycles. The lowest BCUT2D eigenvalue weighted by Crippen LogP contribution is -2.45. The van der Waals surface area contributed by atoms with Crippen LogP contribution in [0.4, 0.5) is 4.79 Å². The van der Waals surface area contributed by atoms with Crippen molar-refractivity contribution in [1.82, 2.24) is 20.3 Å². The van der Waals surface area contributed by atoms with Crippen molar-refractivity contribution in [1.29, 1.82) is 5.26 Å². The van der Waals surface area contributed by atoms with Crippen LogP contribution in [0.3, 0.4) is 0 Å². The molecular formula is C22H31N5O4S2. The summed E-state index contributed by atoms with van der Waals surface area (Å²) in [5.41, 5.74) is 0.904. The van der Waals surface area contributed by atoms with Gasteiger partial charge in [0.05, 0.1) is 23.4 Å². The van der Waals surface area contributed by atoms with Gasteiger partial charge in [0.2, 0.25) is 5.91 Å². The summed E-state index contributed by atoms with van der Waals surface area (Å²) in [6.45, 7) is 2.87. The molecule has 3 N–H and O–H groups in total. The molecule has 2 aliphatic rings. The predicted octanol–water partition coefficient (Wildman–Crippen LogP) is 1.81. The highest BCUT2D eigenvalue weighted by Gasteiger charge is 2.28. The highest BCUT2D eigenvalue weighted by molar-refractivity contribution is 7.99. The summed E-state index contributed by atoms with van der Waals surface area (Å²) in [6, 6.07) is 7.43. The molecule has 0 unspecified atom stereocenters. The molecule has 1 heterocycles. The molecule has 33 heavy (non-hydrogen) atoms. The van der Waals surface area contributed by atoms with E-state index in [1.54, 1.807) is 28.8 Å². The largest absolute Gasteiger partial charge is 0.335 e. The number of hydrogen-bond acceptors (Lipinski definition) is 7. The Morgan fingerprint density at radius 1 is 1.18 bits per heavy atom. The van der Waals surface area contributed by atoms with Crippen LogP contribution in [0.5, 0.6) is 0 Å². The number of sulfonamides is 1. The quantitative estimate of drug-likeness (QED) is 0.471. The number of carbonyl (C=O) groups excluding carboxylic acids is 2. The van der Waals surface area contributed by atoms with Crippen molar-refractivity contribution in [3.8, 4) is 6.07 Å². The third-order valence-corrected chi connectivity index (χ3v) is 8.39. The molecule has 0 spiro atoms. The average molecular weight is 494 g/mol. The van der Waals surface area contributed by atoms with E-state index in [-0.39, 0.29) is 29.4 Å². The third kappa shape index (κ3) is 7.35. The highest BCUT2D eigenvalue weighted by Crippen LogP contribution is 2.23. The van der Waals surface area contributed by atoms with Gasteiger partial charge in [-0.3, -0.25) is 4.79 Å². The van der Waals surface area contributed by atoms with Crippen molar-refractivity contribution < 1.29 is 18.0 Å². The van der Waals surface area contributed by atoms with Crippen LogP contribution < -0.4 is 15.4 Å². The summed E-state index contributed by atoms with van der Waals surface area (Å²) in [6.07, 6.45) is 4.38. The lowest BCUT2D eigenvalue weighted by Gasteiger charge is -2.26. The molecule has 1 saturated carbocycles. The molecule has 0 aromatic heterocycles. The van der Waals surface area contributed by atoms with Gasteiger partial charge in [0.25, 0.3) is 10.0 Å². The number of carbonyl (C=O) groups is 2. The van der Waals surface area contributed by atoms with Gasteiger partial charge in [-0.1, -0.05) is 19.1 Å². The van der Waals surface area contributed by atoms with Crippen LogP contribution in [-0.2, 0) is 21.2 Å². The first-order valence-electron chi connectivity index (χ1n) is 11.2. The number of urea groups is 1. The molecule has 9 nitrogen and oxygen atoms in total. The van der Waals surface area contributed by atoms with Crippen LogP contribution in [-0.4, -0.2) is 62.1 Å². The maximum Gasteiger partial charge on any atom is 0.328 e. The molecule has 0 bridgehead atoms. The van der Waals surface area contributed by atoms with E-state index in [9.17, 15) is 18.0 Å². The van der Waals surface area contributed by atoms with Crippen LogP contribution in [0.2, 0.25) is 0 Å². The van der Waals surface area contributed by atoms with E-state index < -0.39 is 16.1 Å². The average Bonchev–Trinajstić information content (AvgIpc) is 3.27. The Balaban J connectivity index is 1.41. The van der Waals surface area contributed by atoms with Gasteiger partial charge >= 0.3 is 6.03 Å². The van der Waals surface area contributed by atoms with E-state index in [2.05, 4.69) is 28.3 Å². The van der Waals surface area contributed by atoms with Gasteiger partial charge in [-0.25, -0.2) is 17.9 Å².